The van der Waals surface area contributed by atoms with Crippen LogP contribution < -0.4 is 0 Å². The van der Waals surface area contributed by atoms with Crippen LogP contribution >= 0.6 is 0 Å². The van der Waals surface area contributed by atoms with Gasteiger partial charge in [-0.25, -0.2) is 9.97 Å². The van der Waals surface area contributed by atoms with E-state index in [1.807, 2.05) is 30.5 Å². The van der Waals surface area contributed by atoms with Gasteiger partial charge in [0.25, 0.3) is 0 Å². The van der Waals surface area contributed by atoms with Crippen LogP contribution in [0.15, 0.2) is 164 Å². The predicted molar refractivity (Wildman–Crippen MR) is 189 cm³/mol. The molecule has 0 fully saturated rings. The van der Waals surface area contributed by atoms with Crippen LogP contribution in [-0.4, -0.2) is 15.0 Å². The molecule has 1 aliphatic carbocycles. The predicted octanol–water partition coefficient (Wildman–Crippen LogP) is 11.0. The maximum absolute atomic E-state index is 5.11. The molecule has 0 amide bonds. The van der Waals surface area contributed by atoms with E-state index in [9.17, 15) is 0 Å². The first-order chi connectivity index (χ1) is 22.8. The zero-order chi connectivity index (χ0) is 30.5. The van der Waals surface area contributed by atoms with Crippen LogP contribution in [0, 0.1) is 0 Å². The molecule has 8 aromatic rings. The number of hydrogen-bond acceptors (Lipinski definition) is 3. The number of aromatic nitrogens is 3. The SMILES string of the molecule is c1ccc(-c2cc(-c3ccc(-c4ccc5c6c(cccc46)-c4ccccc4-5)cc3)nc(-c3cccc(-c4cccnc4)c3)n2)cc1. The van der Waals surface area contributed by atoms with Gasteiger partial charge in [0, 0.05) is 34.6 Å². The Kier molecular flexibility index (Phi) is 6.14. The van der Waals surface area contributed by atoms with Crippen molar-refractivity contribution in [2.24, 2.45) is 0 Å². The van der Waals surface area contributed by atoms with E-state index >= 15 is 0 Å². The second-order valence-electron chi connectivity index (χ2n) is 11.7. The van der Waals surface area contributed by atoms with Crippen LogP contribution in [-0.2, 0) is 0 Å². The van der Waals surface area contributed by atoms with Crippen molar-refractivity contribution < 1.29 is 0 Å². The minimum atomic E-state index is 0.693. The highest BCUT2D eigenvalue weighted by molar-refractivity contribution is 6.18. The summed E-state index contributed by atoms with van der Waals surface area (Å²) >= 11 is 0. The van der Waals surface area contributed by atoms with Gasteiger partial charge in [0.15, 0.2) is 5.82 Å². The average molecular weight is 586 g/mol. The summed E-state index contributed by atoms with van der Waals surface area (Å²) in [5, 5.41) is 2.62. The van der Waals surface area contributed by atoms with Crippen LogP contribution in [0.3, 0.4) is 0 Å². The van der Waals surface area contributed by atoms with Crippen molar-refractivity contribution in [3.05, 3.63) is 164 Å². The molecular weight excluding hydrogens is 558 g/mol. The molecule has 0 saturated carbocycles. The third kappa shape index (κ3) is 4.41. The Labute approximate surface area is 267 Å². The molecule has 0 radical (unpaired) electrons. The summed E-state index contributed by atoms with van der Waals surface area (Å²) in [4.78, 5) is 14.5. The Bertz CT molecular complexity index is 2370. The Morgan fingerprint density at radius 1 is 0.348 bits per heavy atom. The summed E-state index contributed by atoms with van der Waals surface area (Å²) in [5.74, 6) is 0.693. The van der Waals surface area contributed by atoms with Crippen LogP contribution in [0.25, 0.3) is 89.2 Å². The van der Waals surface area contributed by atoms with Gasteiger partial charge in [0.1, 0.15) is 0 Å². The first kappa shape index (κ1) is 26.2. The van der Waals surface area contributed by atoms with E-state index in [2.05, 4.69) is 132 Å². The van der Waals surface area contributed by atoms with E-state index in [0.29, 0.717) is 5.82 Å². The van der Waals surface area contributed by atoms with Crippen molar-refractivity contribution in [3.63, 3.8) is 0 Å². The van der Waals surface area contributed by atoms with Crippen molar-refractivity contribution in [2.45, 2.75) is 0 Å². The summed E-state index contributed by atoms with van der Waals surface area (Å²) in [6, 6.07) is 53.5. The summed E-state index contributed by atoms with van der Waals surface area (Å²) in [7, 11) is 0. The number of benzene rings is 6. The monoisotopic (exact) mass is 585 g/mol. The summed E-state index contributed by atoms with van der Waals surface area (Å²) in [6.45, 7) is 0. The van der Waals surface area contributed by atoms with Gasteiger partial charge >= 0.3 is 0 Å². The Hall–Kier alpha value is -6.19. The topological polar surface area (TPSA) is 38.7 Å². The van der Waals surface area contributed by atoms with Gasteiger partial charge in [0.05, 0.1) is 11.4 Å². The molecule has 214 valence electrons. The lowest BCUT2D eigenvalue weighted by molar-refractivity contribution is 1.18. The zero-order valence-electron chi connectivity index (χ0n) is 24.9. The number of fused-ring (bicyclic) bond motifs is 3. The number of pyridine rings is 1. The first-order valence-corrected chi connectivity index (χ1v) is 15.5. The summed E-state index contributed by atoms with van der Waals surface area (Å²) in [5.41, 5.74) is 14.7. The molecule has 0 saturated heterocycles. The molecule has 2 aromatic heterocycles. The van der Waals surface area contributed by atoms with Crippen molar-refractivity contribution in [2.75, 3.05) is 0 Å². The molecule has 0 atom stereocenters. The largest absolute Gasteiger partial charge is 0.264 e. The fraction of sp³-hybridized carbons (Fsp3) is 0. The lowest BCUT2D eigenvalue weighted by Crippen LogP contribution is -1.96. The van der Waals surface area contributed by atoms with Crippen LogP contribution in [0.4, 0.5) is 0 Å². The standard InChI is InChI=1S/C43H27N3/c1-2-9-29(10-3-1)40-26-41(46-43(45-40)32-12-6-11-31(25-32)33-13-8-24-44-27-33)30-20-18-28(19-21-30)34-22-23-39-36-15-5-4-14-35(36)38-17-7-16-37(34)42(38)39/h1-27H. The molecule has 9 rings (SSSR count). The maximum Gasteiger partial charge on any atom is 0.160 e. The molecule has 0 aliphatic heterocycles. The molecule has 0 bridgehead atoms. The van der Waals surface area contributed by atoms with Gasteiger partial charge in [-0.3, -0.25) is 4.98 Å². The van der Waals surface area contributed by atoms with E-state index in [-0.39, 0.29) is 0 Å². The average Bonchev–Trinajstić information content (AvgIpc) is 3.47. The van der Waals surface area contributed by atoms with Crippen molar-refractivity contribution >= 4 is 10.8 Å². The van der Waals surface area contributed by atoms with Crippen LogP contribution in [0.2, 0.25) is 0 Å². The molecule has 3 heteroatoms. The highest BCUT2D eigenvalue weighted by Crippen LogP contribution is 2.49. The maximum atomic E-state index is 5.11. The molecule has 0 N–H and O–H groups in total. The molecule has 6 aromatic carbocycles. The van der Waals surface area contributed by atoms with E-state index in [4.69, 9.17) is 9.97 Å². The van der Waals surface area contributed by atoms with Crippen molar-refractivity contribution in [1.29, 1.82) is 0 Å². The van der Waals surface area contributed by atoms with Crippen LogP contribution in [0.5, 0.6) is 0 Å². The molecule has 0 spiro atoms. The Morgan fingerprint density at radius 3 is 1.70 bits per heavy atom. The zero-order valence-corrected chi connectivity index (χ0v) is 24.9. The van der Waals surface area contributed by atoms with Gasteiger partial charge in [-0.05, 0) is 67.9 Å². The molecular formula is C43H27N3. The third-order valence-corrected chi connectivity index (χ3v) is 8.95. The van der Waals surface area contributed by atoms with Gasteiger partial charge < -0.3 is 0 Å². The number of rotatable bonds is 5. The Balaban J connectivity index is 1.14. The fourth-order valence-corrected chi connectivity index (χ4v) is 6.73. The van der Waals surface area contributed by atoms with Gasteiger partial charge in [0.2, 0.25) is 0 Å². The summed E-state index contributed by atoms with van der Waals surface area (Å²) in [6.07, 6.45) is 3.68. The van der Waals surface area contributed by atoms with Gasteiger partial charge in [-0.2, -0.15) is 0 Å². The third-order valence-electron chi connectivity index (χ3n) is 8.95. The van der Waals surface area contributed by atoms with Crippen molar-refractivity contribution in [1.82, 2.24) is 15.0 Å². The van der Waals surface area contributed by atoms with E-state index in [1.54, 1.807) is 6.20 Å². The smallest absolute Gasteiger partial charge is 0.160 e. The lowest BCUT2D eigenvalue weighted by Gasteiger charge is -2.12. The van der Waals surface area contributed by atoms with E-state index < -0.39 is 0 Å². The quantitative estimate of drug-likeness (QED) is 0.202. The molecule has 3 nitrogen and oxygen atoms in total. The second-order valence-corrected chi connectivity index (χ2v) is 11.7. The van der Waals surface area contributed by atoms with E-state index in [0.717, 1.165) is 39.2 Å². The molecule has 2 heterocycles. The summed E-state index contributed by atoms with van der Waals surface area (Å²) < 4.78 is 0. The fourth-order valence-electron chi connectivity index (χ4n) is 6.73. The lowest BCUT2D eigenvalue weighted by atomic mass is 9.93. The Morgan fingerprint density at radius 2 is 0.935 bits per heavy atom. The molecule has 46 heavy (non-hydrogen) atoms. The molecule has 0 unspecified atom stereocenters. The van der Waals surface area contributed by atoms with E-state index in [1.165, 1.54) is 44.2 Å². The minimum Gasteiger partial charge on any atom is -0.264 e. The number of nitrogens with zero attached hydrogens (tertiary/aromatic N) is 3. The second kappa shape index (κ2) is 10.8. The van der Waals surface area contributed by atoms with Gasteiger partial charge in [-0.1, -0.05) is 133 Å². The minimum absolute atomic E-state index is 0.693. The normalized spacial score (nSPS) is 11.5. The van der Waals surface area contributed by atoms with Gasteiger partial charge in [-0.15, -0.1) is 0 Å². The first-order valence-electron chi connectivity index (χ1n) is 15.5. The van der Waals surface area contributed by atoms with Crippen molar-refractivity contribution in [3.8, 4) is 78.4 Å². The van der Waals surface area contributed by atoms with Crippen LogP contribution in [0.1, 0.15) is 0 Å². The highest BCUT2D eigenvalue weighted by Gasteiger charge is 2.22. The number of hydrogen-bond donors (Lipinski definition) is 0. The molecule has 1 aliphatic rings. The highest BCUT2D eigenvalue weighted by atomic mass is 14.9.